The van der Waals surface area contributed by atoms with Crippen LogP contribution in [-0.4, -0.2) is 18.5 Å². The number of benzene rings is 1. The molecule has 1 fully saturated rings. The summed E-state index contributed by atoms with van der Waals surface area (Å²) in [4.78, 5) is 1.36. The minimum atomic E-state index is 0.623. The summed E-state index contributed by atoms with van der Waals surface area (Å²) in [5.74, 6) is 0. The second-order valence-corrected chi connectivity index (χ2v) is 4.92. The molecule has 0 aromatic heterocycles. The molecule has 0 aliphatic carbocycles. The SMILES string of the molecule is Cc1cc(CN)ccc1SC1COC1. The second-order valence-electron chi connectivity index (χ2n) is 3.58. The molecule has 0 bridgehead atoms. The largest absolute Gasteiger partial charge is 0.379 e. The van der Waals surface area contributed by atoms with Crippen LogP contribution in [0.3, 0.4) is 0 Å². The molecule has 1 aromatic carbocycles. The van der Waals surface area contributed by atoms with E-state index >= 15 is 0 Å². The minimum absolute atomic E-state index is 0.623. The molecular weight excluding hydrogens is 194 g/mol. The summed E-state index contributed by atoms with van der Waals surface area (Å²) in [5.41, 5.74) is 8.11. The highest BCUT2D eigenvalue weighted by Crippen LogP contribution is 2.30. The third-order valence-corrected chi connectivity index (χ3v) is 3.69. The van der Waals surface area contributed by atoms with E-state index < -0.39 is 0 Å². The molecule has 1 aliphatic heterocycles. The van der Waals surface area contributed by atoms with Gasteiger partial charge in [0.05, 0.1) is 18.5 Å². The van der Waals surface area contributed by atoms with E-state index in [1.54, 1.807) is 0 Å². The highest BCUT2D eigenvalue weighted by molar-refractivity contribution is 8.00. The topological polar surface area (TPSA) is 35.2 Å². The maximum atomic E-state index is 5.58. The molecule has 0 atom stereocenters. The van der Waals surface area contributed by atoms with Crippen LogP contribution in [0.15, 0.2) is 23.1 Å². The van der Waals surface area contributed by atoms with Gasteiger partial charge in [-0.15, -0.1) is 11.8 Å². The Morgan fingerprint density at radius 3 is 2.79 bits per heavy atom. The summed E-state index contributed by atoms with van der Waals surface area (Å²) in [7, 11) is 0. The molecule has 0 radical (unpaired) electrons. The van der Waals surface area contributed by atoms with Gasteiger partial charge in [0.25, 0.3) is 0 Å². The van der Waals surface area contributed by atoms with Gasteiger partial charge in [-0.2, -0.15) is 0 Å². The van der Waals surface area contributed by atoms with E-state index in [9.17, 15) is 0 Å². The fourth-order valence-corrected chi connectivity index (χ4v) is 2.51. The van der Waals surface area contributed by atoms with Crippen LogP contribution in [0, 0.1) is 6.92 Å². The summed E-state index contributed by atoms with van der Waals surface area (Å²) in [6.07, 6.45) is 0. The van der Waals surface area contributed by atoms with E-state index in [2.05, 4.69) is 25.1 Å². The summed E-state index contributed by atoms with van der Waals surface area (Å²) in [6.45, 7) is 4.55. The summed E-state index contributed by atoms with van der Waals surface area (Å²) in [5, 5.41) is 0.650. The van der Waals surface area contributed by atoms with E-state index in [-0.39, 0.29) is 0 Å². The molecule has 1 heterocycles. The molecule has 14 heavy (non-hydrogen) atoms. The quantitative estimate of drug-likeness (QED) is 0.826. The lowest BCUT2D eigenvalue weighted by molar-refractivity contribution is 0.0455. The van der Waals surface area contributed by atoms with Gasteiger partial charge in [-0.25, -0.2) is 0 Å². The Balaban J connectivity index is 2.09. The molecule has 2 N–H and O–H groups in total. The van der Waals surface area contributed by atoms with E-state index in [4.69, 9.17) is 10.5 Å². The van der Waals surface area contributed by atoms with Gasteiger partial charge < -0.3 is 10.5 Å². The molecule has 2 nitrogen and oxygen atoms in total. The Hall–Kier alpha value is -0.510. The van der Waals surface area contributed by atoms with Crippen LogP contribution in [0.25, 0.3) is 0 Å². The standard InChI is InChI=1S/C11H15NOS/c1-8-4-9(5-12)2-3-11(8)14-10-6-13-7-10/h2-4,10H,5-7,12H2,1H3. The number of nitrogens with two attached hydrogens (primary N) is 1. The maximum Gasteiger partial charge on any atom is 0.0611 e. The number of ether oxygens (including phenoxy) is 1. The summed E-state index contributed by atoms with van der Waals surface area (Å²) in [6, 6.07) is 6.44. The lowest BCUT2D eigenvalue weighted by Gasteiger charge is -2.25. The van der Waals surface area contributed by atoms with Crippen molar-refractivity contribution in [2.45, 2.75) is 23.6 Å². The van der Waals surface area contributed by atoms with Gasteiger partial charge in [-0.1, -0.05) is 12.1 Å². The zero-order valence-electron chi connectivity index (χ0n) is 8.32. The first-order chi connectivity index (χ1) is 6.79. The van der Waals surface area contributed by atoms with E-state index in [0.717, 1.165) is 13.2 Å². The predicted molar refractivity (Wildman–Crippen MR) is 59.5 cm³/mol. The molecule has 0 spiro atoms. The summed E-state index contributed by atoms with van der Waals surface area (Å²) >= 11 is 1.91. The van der Waals surface area contributed by atoms with Crippen molar-refractivity contribution in [3.05, 3.63) is 29.3 Å². The van der Waals surface area contributed by atoms with Crippen LogP contribution >= 0.6 is 11.8 Å². The van der Waals surface area contributed by atoms with Crippen LogP contribution in [0.4, 0.5) is 0 Å². The van der Waals surface area contributed by atoms with Gasteiger partial charge in [-0.05, 0) is 24.1 Å². The van der Waals surface area contributed by atoms with Crippen LogP contribution < -0.4 is 5.73 Å². The van der Waals surface area contributed by atoms with Crippen molar-refractivity contribution in [2.75, 3.05) is 13.2 Å². The van der Waals surface area contributed by atoms with Crippen molar-refractivity contribution in [3.8, 4) is 0 Å². The molecular formula is C11H15NOS. The van der Waals surface area contributed by atoms with Crippen molar-refractivity contribution in [2.24, 2.45) is 5.73 Å². The third-order valence-electron chi connectivity index (χ3n) is 2.38. The Morgan fingerprint density at radius 2 is 2.29 bits per heavy atom. The first-order valence-corrected chi connectivity index (χ1v) is 5.71. The molecule has 2 rings (SSSR count). The molecule has 0 amide bonds. The molecule has 1 aliphatic rings. The average molecular weight is 209 g/mol. The predicted octanol–water partition coefficient (Wildman–Crippen LogP) is 1.94. The van der Waals surface area contributed by atoms with Crippen molar-refractivity contribution in [1.82, 2.24) is 0 Å². The smallest absolute Gasteiger partial charge is 0.0611 e. The average Bonchev–Trinajstić information content (AvgIpc) is 2.13. The van der Waals surface area contributed by atoms with Crippen LogP contribution in [-0.2, 0) is 11.3 Å². The Bertz CT molecular complexity index is 323. The van der Waals surface area contributed by atoms with Gasteiger partial charge in [-0.3, -0.25) is 0 Å². The molecule has 0 saturated carbocycles. The lowest BCUT2D eigenvalue weighted by atomic mass is 10.1. The Labute approximate surface area is 88.8 Å². The number of thioether (sulfide) groups is 1. The lowest BCUT2D eigenvalue weighted by Crippen LogP contribution is -2.30. The van der Waals surface area contributed by atoms with Crippen molar-refractivity contribution in [3.63, 3.8) is 0 Å². The molecule has 1 saturated heterocycles. The first kappa shape index (κ1) is 10.0. The maximum absolute atomic E-state index is 5.58. The van der Waals surface area contributed by atoms with Crippen molar-refractivity contribution in [1.29, 1.82) is 0 Å². The summed E-state index contributed by atoms with van der Waals surface area (Å²) < 4.78 is 5.15. The Morgan fingerprint density at radius 1 is 1.50 bits per heavy atom. The number of hydrogen-bond donors (Lipinski definition) is 1. The zero-order chi connectivity index (χ0) is 9.97. The van der Waals surface area contributed by atoms with Gasteiger partial charge in [0.15, 0.2) is 0 Å². The van der Waals surface area contributed by atoms with Crippen LogP contribution in [0.5, 0.6) is 0 Å². The number of rotatable bonds is 3. The van der Waals surface area contributed by atoms with Crippen molar-refractivity contribution < 1.29 is 4.74 Å². The molecule has 0 unspecified atom stereocenters. The van der Waals surface area contributed by atoms with Gasteiger partial charge in [0.1, 0.15) is 0 Å². The Kier molecular flexibility index (Phi) is 3.11. The fourth-order valence-electron chi connectivity index (χ4n) is 1.43. The zero-order valence-corrected chi connectivity index (χ0v) is 9.14. The highest BCUT2D eigenvalue weighted by Gasteiger charge is 2.20. The van der Waals surface area contributed by atoms with E-state index in [0.29, 0.717) is 11.8 Å². The minimum Gasteiger partial charge on any atom is -0.379 e. The monoisotopic (exact) mass is 209 g/mol. The number of aryl methyl sites for hydroxylation is 1. The normalized spacial score (nSPS) is 16.7. The van der Waals surface area contributed by atoms with Gasteiger partial charge >= 0.3 is 0 Å². The third kappa shape index (κ3) is 2.11. The molecule has 3 heteroatoms. The fraction of sp³-hybridized carbons (Fsp3) is 0.455. The first-order valence-electron chi connectivity index (χ1n) is 4.83. The van der Waals surface area contributed by atoms with E-state index in [1.165, 1.54) is 16.0 Å². The highest BCUT2D eigenvalue weighted by atomic mass is 32.2. The van der Waals surface area contributed by atoms with Crippen LogP contribution in [0.1, 0.15) is 11.1 Å². The van der Waals surface area contributed by atoms with E-state index in [1.807, 2.05) is 11.8 Å². The molecule has 76 valence electrons. The number of hydrogen-bond acceptors (Lipinski definition) is 3. The second kappa shape index (κ2) is 4.34. The van der Waals surface area contributed by atoms with Crippen LogP contribution in [0.2, 0.25) is 0 Å². The van der Waals surface area contributed by atoms with Crippen molar-refractivity contribution >= 4 is 11.8 Å². The van der Waals surface area contributed by atoms with Gasteiger partial charge in [0.2, 0.25) is 0 Å². The molecule has 1 aromatic rings. The van der Waals surface area contributed by atoms with Gasteiger partial charge in [0, 0.05) is 11.4 Å².